The maximum absolute atomic E-state index is 12.0. The lowest BCUT2D eigenvalue weighted by Gasteiger charge is -2.18. The van der Waals surface area contributed by atoms with Crippen LogP contribution in [0.4, 0.5) is 5.69 Å². The Labute approximate surface area is 117 Å². The lowest BCUT2D eigenvalue weighted by molar-refractivity contribution is -0.119. The van der Waals surface area contributed by atoms with Gasteiger partial charge in [-0.25, -0.2) is 0 Å². The predicted octanol–water partition coefficient (Wildman–Crippen LogP) is 4.36. The molecule has 104 valence electrons. The minimum absolute atomic E-state index is 0.167. The molecule has 0 spiro atoms. The first-order valence-corrected chi connectivity index (χ1v) is 6.95. The highest BCUT2D eigenvalue weighted by Crippen LogP contribution is 2.17. The molecule has 1 aromatic rings. The zero-order valence-electron chi connectivity index (χ0n) is 12.7. The quantitative estimate of drug-likeness (QED) is 0.769. The number of carbonyl (C=O) groups excluding carboxylic acids is 1. The molecule has 19 heavy (non-hydrogen) atoms. The summed E-state index contributed by atoms with van der Waals surface area (Å²) in [4.78, 5) is 13.7. The number of benzene rings is 1. The molecule has 0 bridgehead atoms. The van der Waals surface area contributed by atoms with E-state index in [4.69, 9.17) is 0 Å². The van der Waals surface area contributed by atoms with E-state index in [0.717, 1.165) is 5.69 Å². The minimum atomic E-state index is 0.167. The van der Waals surface area contributed by atoms with Crippen LogP contribution in [0.2, 0.25) is 0 Å². The SMILES string of the molecule is CC(C)/C=C/c1ccc(N(C)C(=O)CC(C)C)cc1. The van der Waals surface area contributed by atoms with Gasteiger partial charge in [0.1, 0.15) is 0 Å². The van der Waals surface area contributed by atoms with Gasteiger partial charge in [-0.3, -0.25) is 4.79 Å². The molecule has 0 saturated heterocycles. The zero-order chi connectivity index (χ0) is 14.4. The van der Waals surface area contributed by atoms with Gasteiger partial charge in [0.2, 0.25) is 5.91 Å². The number of allylic oxidation sites excluding steroid dienone is 1. The van der Waals surface area contributed by atoms with Crippen LogP contribution in [0.25, 0.3) is 6.08 Å². The molecule has 0 aliphatic carbocycles. The summed E-state index contributed by atoms with van der Waals surface area (Å²) in [6, 6.07) is 8.09. The van der Waals surface area contributed by atoms with E-state index in [2.05, 4.69) is 39.8 Å². The highest BCUT2D eigenvalue weighted by molar-refractivity contribution is 5.92. The van der Waals surface area contributed by atoms with Crippen molar-refractivity contribution in [2.24, 2.45) is 11.8 Å². The molecule has 1 aromatic carbocycles. The third kappa shape index (κ3) is 5.29. The normalized spacial score (nSPS) is 11.5. The average molecular weight is 259 g/mol. The van der Waals surface area contributed by atoms with E-state index in [1.807, 2.05) is 31.3 Å². The fourth-order valence-corrected chi connectivity index (χ4v) is 1.74. The van der Waals surface area contributed by atoms with Gasteiger partial charge in [0.15, 0.2) is 0 Å². The van der Waals surface area contributed by atoms with Crippen LogP contribution < -0.4 is 4.90 Å². The largest absolute Gasteiger partial charge is 0.315 e. The maximum Gasteiger partial charge on any atom is 0.226 e. The Morgan fingerprint density at radius 1 is 1.16 bits per heavy atom. The first-order chi connectivity index (χ1) is 8.90. The van der Waals surface area contributed by atoms with E-state index >= 15 is 0 Å². The molecule has 0 saturated carbocycles. The number of amides is 1. The highest BCUT2D eigenvalue weighted by Gasteiger charge is 2.11. The molecular formula is C17H25NO. The van der Waals surface area contributed by atoms with Crippen molar-refractivity contribution in [3.8, 4) is 0 Å². The number of anilines is 1. The summed E-state index contributed by atoms with van der Waals surface area (Å²) in [5.41, 5.74) is 2.12. The molecule has 2 heteroatoms. The Balaban J connectivity index is 2.73. The summed E-state index contributed by atoms with van der Waals surface area (Å²) in [5.74, 6) is 1.11. The molecule has 0 atom stereocenters. The van der Waals surface area contributed by atoms with Gasteiger partial charge in [-0.05, 0) is 29.5 Å². The fraction of sp³-hybridized carbons (Fsp3) is 0.471. The van der Waals surface area contributed by atoms with Crippen LogP contribution in [0.15, 0.2) is 30.3 Å². The van der Waals surface area contributed by atoms with Crippen molar-refractivity contribution in [2.75, 3.05) is 11.9 Å². The fourth-order valence-electron chi connectivity index (χ4n) is 1.74. The lowest BCUT2D eigenvalue weighted by atomic mass is 10.1. The lowest BCUT2D eigenvalue weighted by Crippen LogP contribution is -2.27. The molecule has 2 nitrogen and oxygen atoms in total. The van der Waals surface area contributed by atoms with Crippen molar-refractivity contribution >= 4 is 17.7 Å². The van der Waals surface area contributed by atoms with E-state index in [9.17, 15) is 4.79 Å². The Kier molecular flexibility index (Phi) is 5.81. The number of nitrogens with zero attached hydrogens (tertiary/aromatic N) is 1. The van der Waals surface area contributed by atoms with Crippen LogP contribution in [-0.4, -0.2) is 13.0 Å². The van der Waals surface area contributed by atoms with Crippen molar-refractivity contribution < 1.29 is 4.79 Å². The molecule has 1 amide bonds. The molecule has 0 radical (unpaired) electrons. The summed E-state index contributed by atoms with van der Waals surface area (Å²) < 4.78 is 0. The molecular weight excluding hydrogens is 234 g/mol. The monoisotopic (exact) mass is 259 g/mol. The second kappa shape index (κ2) is 7.13. The van der Waals surface area contributed by atoms with Crippen LogP contribution in [0, 0.1) is 11.8 Å². The van der Waals surface area contributed by atoms with Crippen LogP contribution in [0.1, 0.15) is 39.7 Å². The van der Waals surface area contributed by atoms with Gasteiger partial charge in [0.05, 0.1) is 0 Å². The van der Waals surface area contributed by atoms with E-state index < -0.39 is 0 Å². The highest BCUT2D eigenvalue weighted by atomic mass is 16.2. The molecule has 1 rings (SSSR count). The number of hydrogen-bond donors (Lipinski definition) is 0. The molecule has 0 fully saturated rings. The first-order valence-electron chi connectivity index (χ1n) is 6.95. The zero-order valence-corrected chi connectivity index (χ0v) is 12.7. The van der Waals surface area contributed by atoms with Crippen molar-refractivity contribution in [2.45, 2.75) is 34.1 Å². The second-order valence-corrected chi connectivity index (χ2v) is 5.75. The average Bonchev–Trinajstić information content (AvgIpc) is 2.35. The van der Waals surface area contributed by atoms with Gasteiger partial charge >= 0.3 is 0 Å². The minimum Gasteiger partial charge on any atom is -0.315 e. The van der Waals surface area contributed by atoms with Crippen molar-refractivity contribution in [3.05, 3.63) is 35.9 Å². The molecule has 0 N–H and O–H groups in total. The Morgan fingerprint density at radius 3 is 2.21 bits per heavy atom. The summed E-state index contributed by atoms with van der Waals surface area (Å²) in [5, 5.41) is 0. The topological polar surface area (TPSA) is 20.3 Å². The van der Waals surface area contributed by atoms with Gasteiger partial charge < -0.3 is 4.90 Å². The van der Waals surface area contributed by atoms with Crippen LogP contribution in [0.3, 0.4) is 0 Å². The molecule has 0 aliphatic rings. The Morgan fingerprint density at radius 2 is 1.74 bits per heavy atom. The van der Waals surface area contributed by atoms with Crippen molar-refractivity contribution in [1.29, 1.82) is 0 Å². The maximum atomic E-state index is 12.0. The number of rotatable bonds is 5. The third-order valence-electron chi connectivity index (χ3n) is 2.91. The smallest absolute Gasteiger partial charge is 0.226 e. The Hall–Kier alpha value is -1.57. The third-order valence-corrected chi connectivity index (χ3v) is 2.91. The van der Waals surface area contributed by atoms with Gasteiger partial charge in [0.25, 0.3) is 0 Å². The summed E-state index contributed by atoms with van der Waals surface area (Å²) in [6.07, 6.45) is 4.87. The van der Waals surface area contributed by atoms with E-state index in [0.29, 0.717) is 18.3 Å². The van der Waals surface area contributed by atoms with Crippen molar-refractivity contribution in [3.63, 3.8) is 0 Å². The van der Waals surface area contributed by atoms with E-state index in [1.54, 1.807) is 4.90 Å². The summed E-state index contributed by atoms with van der Waals surface area (Å²) in [6.45, 7) is 8.43. The van der Waals surface area contributed by atoms with Gasteiger partial charge in [-0.2, -0.15) is 0 Å². The van der Waals surface area contributed by atoms with Gasteiger partial charge in [-0.15, -0.1) is 0 Å². The Bertz CT molecular complexity index is 429. The van der Waals surface area contributed by atoms with E-state index in [-0.39, 0.29) is 5.91 Å². The van der Waals surface area contributed by atoms with E-state index in [1.165, 1.54) is 5.56 Å². The molecule has 0 aliphatic heterocycles. The van der Waals surface area contributed by atoms with Crippen LogP contribution >= 0.6 is 0 Å². The first kappa shape index (κ1) is 15.5. The summed E-state index contributed by atoms with van der Waals surface area (Å²) in [7, 11) is 1.84. The van der Waals surface area contributed by atoms with Gasteiger partial charge in [0, 0.05) is 19.2 Å². The van der Waals surface area contributed by atoms with Gasteiger partial charge in [-0.1, -0.05) is 52.0 Å². The molecule has 0 heterocycles. The van der Waals surface area contributed by atoms with Crippen LogP contribution in [0.5, 0.6) is 0 Å². The number of carbonyl (C=O) groups is 1. The summed E-state index contributed by atoms with van der Waals surface area (Å²) >= 11 is 0. The molecule has 0 aromatic heterocycles. The molecule has 0 unspecified atom stereocenters. The van der Waals surface area contributed by atoms with Crippen molar-refractivity contribution in [1.82, 2.24) is 0 Å². The standard InChI is InChI=1S/C17H25NO/c1-13(2)6-7-15-8-10-16(11-9-15)18(5)17(19)12-14(3)4/h6-11,13-14H,12H2,1-5H3/b7-6+. The second-order valence-electron chi connectivity index (χ2n) is 5.75. The predicted molar refractivity (Wildman–Crippen MR) is 83.2 cm³/mol. The number of hydrogen-bond acceptors (Lipinski definition) is 1. The van der Waals surface area contributed by atoms with Crippen LogP contribution in [-0.2, 0) is 4.79 Å².